The lowest BCUT2D eigenvalue weighted by molar-refractivity contribution is 0.0697. The van der Waals surface area contributed by atoms with E-state index in [4.69, 9.17) is 5.11 Å². The van der Waals surface area contributed by atoms with Crippen LogP contribution in [0.15, 0.2) is 30.3 Å². The minimum absolute atomic E-state index is 0.262. The summed E-state index contributed by atoms with van der Waals surface area (Å²) < 4.78 is 0. The van der Waals surface area contributed by atoms with Crippen molar-refractivity contribution in [3.8, 4) is 0 Å². The largest absolute Gasteiger partial charge is 0.478 e. The number of carboxylic acid groups (broad SMARTS) is 1. The number of hydrogen-bond acceptors (Lipinski definition) is 4. The van der Waals surface area contributed by atoms with Crippen LogP contribution in [-0.4, -0.2) is 28.1 Å². The quantitative estimate of drug-likeness (QED) is 0.915. The third kappa shape index (κ3) is 2.88. The highest BCUT2D eigenvalue weighted by Gasteiger charge is 2.09. The average Bonchev–Trinajstić information content (AvgIpc) is 2.37. The first kappa shape index (κ1) is 13.0. The monoisotopic (exact) mass is 257 g/mol. The molecule has 0 unspecified atom stereocenters. The lowest BCUT2D eigenvalue weighted by Crippen LogP contribution is -2.14. The number of aryl methyl sites for hydroxylation is 2. The van der Waals surface area contributed by atoms with Crippen molar-refractivity contribution in [3.63, 3.8) is 0 Å². The third-order valence-corrected chi connectivity index (χ3v) is 2.77. The molecule has 0 radical (unpaired) electrons. The molecule has 0 spiro atoms. The smallest absolute Gasteiger partial charge is 0.335 e. The first-order valence-corrected chi connectivity index (χ1v) is 5.87. The Hall–Kier alpha value is -2.43. The van der Waals surface area contributed by atoms with Gasteiger partial charge in [0.1, 0.15) is 0 Å². The molecule has 0 fully saturated rings. The van der Waals surface area contributed by atoms with Gasteiger partial charge in [0, 0.05) is 24.1 Å². The van der Waals surface area contributed by atoms with Crippen LogP contribution >= 0.6 is 0 Å². The highest BCUT2D eigenvalue weighted by Crippen LogP contribution is 2.21. The molecule has 0 saturated carbocycles. The van der Waals surface area contributed by atoms with Crippen LogP contribution in [0.25, 0.3) is 0 Å². The molecule has 0 saturated heterocycles. The summed E-state index contributed by atoms with van der Waals surface area (Å²) in [7, 11) is 1.85. The van der Waals surface area contributed by atoms with Crippen LogP contribution in [0.5, 0.6) is 0 Å². The van der Waals surface area contributed by atoms with E-state index in [0.29, 0.717) is 5.95 Å². The summed E-state index contributed by atoms with van der Waals surface area (Å²) in [5.74, 6) is -0.336. The van der Waals surface area contributed by atoms with E-state index < -0.39 is 5.97 Å². The number of hydrogen-bond donors (Lipinski definition) is 1. The Morgan fingerprint density at radius 1 is 1.11 bits per heavy atom. The Morgan fingerprint density at radius 3 is 2.11 bits per heavy atom. The van der Waals surface area contributed by atoms with E-state index in [1.54, 1.807) is 24.3 Å². The van der Waals surface area contributed by atoms with Gasteiger partial charge in [-0.2, -0.15) is 0 Å². The summed E-state index contributed by atoms with van der Waals surface area (Å²) in [4.78, 5) is 21.4. The van der Waals surface area contributed by atoms with Gasteiger partial charge in [0.05, 0.1) is 5.56 Å². The molecule has 98 valence electrons. The van der Waals surface area contributed by atoms with Crippen LogP contribution < -0.4 is 4.90 Å². The van der Waals surface area contributed by atoms with E-state index in [-0.39, 0.29) is 5.56 Å². The van der Waals surface area contributed by atoms with Gasteiger partial charge in [-0.05, 0) is 44.2 Å². The van der Waals surface area contributed by atoms with Crippen molar-refractivity contribution in [1.29, 1.82) is 0 Å². The molecular formula is C14H15N3O2. The number of carboxylic acids is 1. The van der Waals surface area contributed by atoms with Gasteiger partial charge in [0.2, 0.25) is 5.95 Å². The molecule has 1 N–H and O–H groups in total. The number of carbonyl (C=O) groups is 1. The van der Waals surface area contributed by atoms with Gasteiger partial charge in [-0.15, -0.1) is 0 Å². The molecule has 0 atom stereocenters. The number of benzene rings is 1. The van der Waals surface area contributed by atoms with Gasteiger partial charge in [-0.25, -0.2) is 14.8 Å². The Bertz CT molecular complexity index is 588. The topological polar surface area (TPSA) is 66.3 Å². The summed E-state index contributed by atoms with van der Waals surface area (Å²) >= 11 is 0. The lowest BCUT2D eigenvalue weighted by Gasteiger charge is -2.18. The third-order valence-electron chi connectivity index (χ3n) is 2.77. The number of aromatic carboxylic acids is 1. The normalized spacial score (nSPS) is 10.3. The Labute approximate surface area is 111 Å². The molecule has 1 aromatic heterocycles. The first-order valence-electron chi connectivity index (χ1n) is 5.87. The van der Waals surface area contributed by atoms with Crippen molar-refractivity contribution in [1.82, 2.24) is 9.97 Å². The lowest BCUT2D eigenvalue weighted by atomic mass is 10.2. The Kier molecular flexibility index (Phi) is 3.46. The second-order valence-electron chi connectivity index (χ2n) is 4.36. The number of anilines is 2. The maximum absolute atomic E-state index is 10.8. The summed E-state index contributed by atoms with van der Waals surface area (Å²) in [5.41, 5.74) is 2.90. The van der Waals surface area contributed by atoms with Crippen molar-refractivity contribution in [2.24, 2.45) is 0 Å². The molecule has 0 amide bonds. The van der Waals surface area contributed by atoms with E-state index in [1.807, 2.05) is 31.9 Å². The van der Waals surface area contributed by atoms with E-state index in [9.17, 15) is 4.79 Å². The zero-order valence-corrected chi connectivity index (χ0v) is 11.1. The van der Waals surface area contributed by atoms with Crippen LogP contribution in [0.3, 0.4) is 0 Å². The molecule has 0 aliphatic heterocycles. The number of aromatic nitrogens is 2. The summed E-state index contributed by atoms with van der Waals surface area (Å²) in [6, 6.07) is 8.52. The van der Waals surface area contributed by atoms with Crippen molar-refractivity contribution in [2.75, 3.05) is 11.9 Å². The Balaban J connectivity index is 2.32. The van der Waals surface area contributed by atoms with Gasteiger partial charge < -0.3 is 10.0 Å². The van der Waals surface area contributed by atoms with Gasteiger partial charge in [0.25, 0.3) is 0 Å². The van der Waals surface area contributed by atoms with Crippen molar-refractivity contribution in [3.05, 3.63) is 47.3 Å². The molecule has 5 heteroatoms. The minimum Gasteiger partial charge on any atom is -0.478 e. The summed E-state index contributed by atoms with van der Waals surface area (Å²) in [5, 5.41) is 8.87. The zero-order chi connectivity index (χ0) is 14.0. The van der Waals surface area contributed by atoms with Crippen LogP contribution in [0.4, 0.5) is 11.6 Å². The predicted octanol–water partition coefficient (Wildman–Crippen LogP) is 2.56. The van der Waals surface area contributed by atoms with Crippen molar-refractivity contribution < 1.29 is 9.90 Å². The fourth-order valence-corrected chi connectivity index (χ4v) is 1.80. The van der Waals surface area contributed by atoms with Gasteiger partial charge in [-0.1, -0.05) is 0 Å². The molecule has 0 aliphatic rings. The molecule has 5 nitrogen and oxygen atoms in total. The molecule has 0 aliphatic carbocycles. The Morgan fingerprint density at radius 2 is 1.63 bits per heavy atom. The van der Waals surface area contributed by atoms with E-state index in [0.717, 1.165) is 17.1 Å². The van der Waals surface area contributed by atoms with Crippen LogP contribution in [0, 0.1) is 13.8 Å². The second kappa shape index (κ2) is 5.06. The highest BCUT2D eigenvalue weighted by atomic mass is 16.4. The number of rotatable bonds is 3. The van der Waals surface area contributed by atoms with Gasteiger partial charge in [-0.3, -0.25) is 0 Å². The van der Waals surface area contributed by atoms with Crippen LogP contribution in [0.1, 0.15) is 21.7 Å². The zero-order valence-electron chi connectivity index (χ0n) is 11.1. The first-order chi connectivity index (χ1) is 8.97. The molecule has 2 rings (SSSR count). The average molecular weight is 257 g/mol. The standard InChI is InChI=1S/C14H15N3O2/c1-9-8-10(2)16-14(15-9)17(3)12-6-4-11(5-7-12)13(18)19/h4-8H,1-3H3,(H,18,19). The van der Waals surface area contributed by atoms with Crippen molar-refractivity contribution in [2.45, 2.75) is 13.8 Å². The molecule has 1 heterocycles. The van der Waals surface area contributed by atoms with E-state index >= 15 is 0 Å². The van der Waals surface area contributed by atoms with Crippen molar-refractivity contribution >= 4 is 17.6 Å². The molecule has 19 heavy (non-hydrogen) atoms. The SMILES string of the molecule is Cc1cc(C)nc(N(C)c2ccc(C(=O)O)cc2)n1. The molecular weight excluding hydrogens is 242 g/mol. The fourth-order valence-electron chi connectivity index (χ4n) is 1.80. The highest BCUT2D eigenvalue weighted by molar-refractivity contribution is 5.88. The molecule has 2 aromatic rings. The summed E-state index contributed by atoms with van der Waals surface area (Å²) in [6.07, 6.45) is 0. The molecule has 1 aromatic carbocycles. The molecule has 0 bridgehead atoms. The van der Waals surface area contributed by atoms with E-state index in [1.165, 1.54) is 0 Å². The fraction of sp³-hybridized carbons (Fsp3) is 0.214. The second-order valence-corrected chi connectivity index (χ2v) is 4.36. The minimum atomic E-state index is -0.933. The summed E-state index contributed by atoms with van der Waals surface area (Å²) in [6.45, 7) is 3.83. The van der Waals surface area contributed by atoms with Gasteiger partial charge in [0.15, 0.2) is 0 Å². The predicted molar refractivity (Wildman–Crippen MR) is 73.0 cm³/mol. The maximum atomic E-state index is 10.8. The van der Waals surface area contributed by atoms with Crippen LogP contribution in [-0.2, 0) is 0 Å². The number of nitrogens with zero attached hydrogens (tertiary/aromatic N) is 3. The maximum Gasteiger partial charge on any atom is 0.335 e. The van der Waals surface area contributed by atoms with E-state index in [2.05, 4.69) is 9.97 Å². The van der Waals surface area contributed by atoms with Crippen LogP contribution in [0.2, 0.25) is 0 Å². The van der Waals surface area contributed by atoms with Gasteiger partial charge >= 0.3 is 5.97 Å².